The summed E-state index contributed by atoms with van der Waals surface area (Å²) in [5.74, 6) is 0. The van der Waals surface area contributed by atoms with Crippen molar-refractivity contribution in [2.75, 3.05) is 11.9 Å². The van der Waals surface area contributed by atoms with Crippen LogP contribution in [-0.4, -0.2) is 12.0 Å². The molecule has 0 saturated carbocycles. The van der Waals surface area contributed by atoms with Crippen molar-refractivity contribution in [2.45, 2.75) is 6.54 Å². The average molecular weight is 346 g/mol. The summed E-state index contributed by atoms with van der Waals surface area (Å²) in [5, 5.41) is 20.0. The van der Waals surface area contributed by atoms with Crippen LogP contribution in [0, 0.1) is 21.4 Å². The van der Waals surface area contributed by atoms with Crippen molar-refractivity contribution in [3.05, 3.63) is 68.2 Å². The maximum absolute atomic E-state index is 11.1. The van der Waals surface area contributed by atoms with Crippen LogP contribution in [-0.2, 0) is 6.54 Å². The Morgan fingerprint density at radius 3 is 2.76 bits per heavy atom. The van der Waals surface area contributed by atoms with E-state index in [2.05, 4.69) is 22.0 Å². The van der Waals surface area contributed by atoms with Crippen LogP contribution in [0.5, 0.6) is 0 Å². The van der Waals surface area contributed by atoms with Crippen molar-refractivity contribution in [1.82, 2.24) is 0 Å². The van der Waals surface area contributed by atoms with Gasteiger partial charge in [-0.2, -0.15) is 5.26 Å². The van der Waals surface area contributed by atoms with E-state index in [1.165, 1.54) is 6.07 Å². The Morgan fingerprint density at radius 2 is 2.10 bits per heavy atom. The number of hydrogen-bond donors (Lipinski definition) is 0. The molecule has 0 unspecified atom stereocenters. The number of nitrogens with zero attached hydrogens (tertiary/aromatic N) is 3. The summed E-state index contributed by atoms with van der Waals surface area (Å²) in [4.78, 5) is 12.6. The van der Waals surface area contributed by atoms with E-state index in [1.54, 1.807) is 30.3 Å². The Hall–Kier alpha value is -2.39. The fourth-order valence-corrected chi connectivity index (χ4v) is 2.35. The van der Waals surface area contributed by atoms with E-state index >= 15 is 0 Å². The van der Waals surface area contributed by atoms with Crippen molar-refractivity contribution >= 4 is 27.3 Å². The smallest absolute Gasteiger partial charge is 0.275 e. The molecule has 0 atom stereocenters. The Kier molecular flexibility index (Phi) is 4.55. The zero-order valence-corrected chi connectivity index (χ0v) is 12.9. The van der Waals surface area contributed by atoms with Gasteiger partial charge in [-0.3, -0.25) is 10.1 Å². The Morgan fingerprint density at radius 1 is 1.33 bits per heavy atom. The SMILES string of the molecule is CN(Cc1ccc(Br)cc1[N+](=O)[O-])c1cccc(C#N)c1. The summed E-state index contributed by atoms with van der Waals surface area (Å²) in [6.45, 7) is 0.387. The number of nitro groups is 1. The quantitative estimate of drug-likeness (QED) is 0.623. The van der Waals surface area contributed by atoms with E-state index < -0.39 is 0 Å². The van der Waals surface area contributed by atoms with Gasteiger partial charge in [0.2, 0.25) is 0 Å². The standard InChI is InChI=1S/C15H12BrN3O2/c1-18(14-4-2-3-11(7-14)9-17)10-12-5-6-13(16)8-15(12)19(20)21/h2-8H,10H2,1H3. The van der Waals surface area contributed by atoms with E-state index in [0.717, 1.165) is 5.69 Å². The summed E-state index contributed by atoms with van der Waals surface area (Å²) in [7, 11) is 1.84. The van der Waals surface area contributed by atoms with Crippen LogP contribution >= 0.6 is 15.9 Å². The number of nitriles is 1. The molecule has 0 bridgehead atoms. The molecule has 0 fully saturated rings. The predicted octanol–water partition coefficient (Wildman–Crippen LogP) is 3.87. The fourth-order valence-electron chi connectivity index (χ4n) is 2.00. The van der Waals surface area contributed by atoms with E-state index in [0.29, 0.717) is 22.1 Å². The van der Waals surface area contributed by atoms with Crippen LogP contribution in [0.3, 0.4) is 0 Å². The minimum absolute atomic E-state index is 0.0765. The van der Waals surface area contributed by atoms with Gasteiger partial charge in [0.15, 0.2) is 0 Å². The van der Waals surface area contributed by atoms with Gasteiger partial charge in [0.25, 0.3) is 5.69 Å². The molecular formula is C15H12BrN3O2. The summed E-state index contributed by atoms with van der Waals surface area (Å²) in [6, 6.07) is 14.2. The molecule has 0 spiro atoms. The van der Waals surface area contributed by atoms with E-state index in [1.807, 2.05) is 18.0 Å². The largest absolute Gasteiger partial charge is 0.370 e. The number of benzene rings is 2. The molecule has 0 aromatic heterocycles. The van der Waals surface area contributed by atoms with Gasteiger partial charge in [0.1, 0.15) is 0 Å². The number of nitro benzene ring substituents is 1. The molecule has 21 heavy (non-hydrogen) atoms. The number of rotatable bonds is 4. The molecule has 2 aromatic carbocycles. The first-order chi connectivity index (χ1) is 10.0. The zero-order valence-electron chi connectivity index (χ0n) is 11.3. The predicted molar refractivity (Wildman–Crippen MR) is 84.1 cm³/mol. The van der Waals surface area contributed by atoms with Crippen LogP contribution in [0.15, 0.2) is 46.9 Å². The Balaban J connectivity index is 2.29. The summed E-state index contributed by atoms with van der Waals surface area (Å²) in [5.41, 5.74) is 2.09. The third-order valence-corrected chi connectivity index (χ3v) is 3.56. The first-order valence-electron chi connectivity index (χ1n) is 6.15. The highest BCUT2D eigenvalue weighted by molar-refractivity contribution is 9.10. The highest BCUT2D eigenvalue weighted by Gasteiger charge is 2.16. The van der Waals surface area contributed by atoms with Crippen LogP contribution in [0.2, 0.25) is 0 Å². The van der Waals surface area contributed by atoms with Gasteiger partial charge >= 0.3 is 0 Å². The zero-order chi connectivity index (χ0) is 15.4. The number of anilines is 1. The highest BCUT2D eigenvalue weighted by atomic mass is 79.9. The monoisotopic (exact) mass is 345 g/mol. The third-order valence-electron chi connectivity index (χ3n) is 3.07. The maximum Gasteiger partial charge on any atom is 0.275 e. The molecule has 0 amide bonds. The topological polar surface area (TPSA) is 70.2 Å². The second-order valence-electron chi connectivity index (χ2n) is 4.55. The molecule has 0 aliphatic carbocycles. The van der Waals surface area contributed by atoms with Gasteiger partial charge in [0.05, 0.1) is 16.6 Å². The van der Waals surface area contributed by atoms with Crippen molar-refractivity contribution in [2.24, 2.45) is 0 Å². The van der Waals surface area contributed by atoms with Crippen LogP contribution in [0.4, 0.5) is 11.4 Å². The number of halogens is 1. The van der Waals surface area contributed by atoms with Crippen molar-refractivity contribution in [1.29, 1.82) is 5.26 Å². The molecule has 0 saturated heterocycles. The lowest BCUT2D eigenvalue weighted by molar-refractivity contribution is -0.385. The Bertz CT molecular complexity index is 725. The van der Waals surface area contributed by atoms with Gasteiger partial charge in [-0.1, -0.05) is 22.0 Å². The van der Waals surface area contributed by atoms with Crippen molar-refractivity contribution in [3.8, 4) is 6.07 Å². The van der Waals surface area contributed by atoms with Crippen LogP contribution < -0.4 is 4.90 Å². The average Bonchev–Trinajstić information content (AvgIpc) is 2.48. The second-order valence-corrected chi connectivity index (χ2v) is 5.46. The summed E-state index contributed by atoms with van der Waals surface area (Å²) in [6.07, 6.45) is 0. The van der Waals surface area contributed by atoms with Gasteiger partial charge in [-0.05, 0) is 30.3 Å². The van der Waals surface area contributed by atoms with Crippen molar-refractivity contribution in [3.63, 3.8) is 0 Å². The highest BCUT2D eigenvalue weighted by Crippen LogP contribution is 2.26. The van der Waals surface area contributed by atoms with E-state index in [9.17, 15) is 10.1 Å². The van der Waals surface area contributed by atoms with E-state index in [-0.39, 0.29) is 10.6 Å². The minimum Gasteiger partial charge on any atom is -0.370 e. The lowest BCUT2D eigenvalue weighted by Gasteiger charge is -2.19. The van der Waals surface area contributed by atoms with Gasteiger partial charge in [-0.15, -0.1) is 0 Å². The van der Waals surface area contributed by atoms with Gasteiger partial charge in [-0.25, -0.2) is 0 Å². The molecule has 0 aliphatic rings. The van der Waals surface area contributed by atoms with Crippen LogP contribution in [0.1, 0.15) is 11.1 Å². The van der Waals surface area contributed by atoms with E-state index in [4.69, 9.17) is 5.26 Å². The molecular weight excluding hydrogens is 334 g/mol. The lowest BCUT2D eigenvalue weighted by Crippen LogP contribution is -2.17. The normalized spacial score (nSPS) is 9.95. The Labute approximate surface area is 130 Å². The molecule has 2 aromatic rings. The molecule has 0 heterocycles. The second kappa shape index (κ2) is 6.37. The molecule has 106 valence electrons. The van der Waals surface area contributed by atoms with Crippen LogP contribution in [0.25, 0.3) is 0 Å². The first kappa shape index (κ1) is 15.0. The minimum atomic E-state index is -0.389. The summed E-state index contributed by atoms with van der Waals surface area (Å²) >= 11 is 3.24. The third kappa shape index (κ3) is 3.58. The molecule has 5 nitrogen and oxygen atoms in total. The van der Waals surface area contributed by atoms with Gasteiger partial charge in [0, 0.05) is 35.4 Å². The lowest BCUT2D eigenvalue weighted by atomic mass is 10.1. The first-order valence-corrected chi connectivity index (χ1v) is 6.94. The maximum atomic E-state index is 11.1. The molecule has 2 rings (SSSR count). The van der Waals surface area contributed by atoms with Gasteiger partial charge < -0.3 is 4.90 Å². The fraction of sp³-hybridized carbons (Fsp3) is 0.133. The molecule has 6 heteroatoms. The molecule has 0 radical (unpaired) electrons. The number of hydrogen-bond acceptors (Lipinski definition) is 4. The summed E-state index contributed by atoms with van der Waals surface area (Å²) < 4.78 is 0.673. The molecule has 0 aliphatic heterocycles. The van der Waals surface area contributed by atoms with Crippen molar-refractivity contribution < 1.29 is 4.92 Å². The molecule has 0 N–H and O–H groups in total.